The molecule has 232 valence electrons. The second kappa shape index (κ2) is 10.4. The van der Waals surface area contributed by atoms with Gasteiger partial charge in [0.05, 0.1) is 5.39 Å². The molecule has 0 amide bonds. The Labute approximate surface area is 287 Å². The van der Waals surface area contributed by atoms with Gasteiger partial charge in [-0.25, -0.2) is 0 Å². The largest absolute Gasteiger partial charge is 0.456 e. The molecule has 0 aliphatic carbocycles. The van der Waals surface area contributed by atoms with Gasteiger partial charge in [-0.2, -0.15) is 0 Å². The molecule has 2 aromatic heterocycles. The lowest BCUT2D eigenvalue weighted by Crippen LogP contribution is -1.90. The summed E-state index contributed by atoms with van der Waals surface area (Å²) in [5.74, 6) is 0. The molecule has 2 nitrogen and oxygen atoms in total. The third-order valence-corrected chi connectivity index (χ3v) is 10.5. The molecule has 0 spiro atoms. The first kappa shape index (κ1) is 27.3. The summed E-state index contributed by atoms with van der Waals surface area (Å²) in [4.78, 5) is 0. The summed E-state index contributed by atoms with van der Waals surface area (Å²) in [6.07, 6.45) is 0. The predicted octanol–water partition coefficient (Wildman–Crippen LogP) is 13.9. The van der Waals surface area contributed by atoms with E-state index in [1.165, 1.54) is 54.6 Å². The van der Waals surface area contributed by atoms with Crippen LogP contribution in [0, 0.1) is 0 Å². The van der Waals surface area contributed by atoms with Crippen LogP contribution in [-0.2, 0) is 0 Å². The molecule has 0 aliphatic heterocycles. The van der Waals surface area contributed by atoms with Gasteiger partial charge in [0.1, 0.15) is 22.3 Å². The third-order valence-electron chi connectivity index (χ3n) is 10.5. The summed E-state index contributed by atoms with van der Waals surface area (Å²) < 4.78 is 13.0. The summed E-state index contributed by atoms with van der Waals surface area (Å²) in [7, 11) is 0. The minimum atomic E-state index is 0.843. The van der Waals surface area contributed by atoms with Crippen molar-refractivity contribution < 1.29 is 8.83 Å². The maximum Gasteiger partial charge on any atom is 0.147 e. The second-order valence-corrected chi connectivity index (χ2v) is 13.2. The summed E-state index contributed by atoms with van der Waals surface area (Å²) in [6, 6.07) is 60.8. The molecule has 11 rings (SSSR count). The van der Waals surface area contributed by atoms with Gasteiger partial charge in [0, 0.05) is 16.2 Å². The van der Waals surface area contributed by atoms with Gasteiger partial charge >= 0.3 is 0 Å². The third kappa shape index (κ3) is 3.90. The molecule has 0 N–H and O–H groups in total. The van der Waals surface area contributed by atoms with Gasteiger partial charge in [0.2, 0.25) is 0 Å². The SMILES string of the molecule is c1ccc(-c2c3ccccc3c(-c3ccc(-c4ccc5c(c4)oc4c5ccc5oc6ccc7ccccc7c6c54)cc3)c3ccccc23)cc1. The average Bonchev–Trinajstić information content (AvgIpc) is 3.76. The smallest absolute Gasteiger partial charge is 0.147 e. The first-order valence-electron chi connectivity index (χ1n) is 17.1. The number of rotatable bonds is 3. The Hall–Kier alpha value is -6.64. The highest BCUT2D eigenvalue weighted by Gasteiger charge is 2.19. The first-order chi connectivity index (χ1) is 24.8. The monoisotopic (exact) mass is 636 g/mol. The van der Waals surface area contributed by atoms with Gasteiger partial charge in [-0.05, 0) is 96.0 Å². The number of fused-ring (bicyclic) bond motifs is 11. The van der Waals surface area contributed by atoms with Gasteiger partial charge in [0.15, 0.2) is 0 Å². The molecule has 0 saturated heterocycles. The first-order valence-corrected chi connectivity index (χ1v) is 17.1. The van der Waals surface area contributed by atoms with E-state index in [2.05, 4.69) is 170 Å². The average molecular weight is 637 g/mol. The normalized spacial score (nSPS) is 12.0. The lowest BCUT2D eigenvalue weighted by atomic mass is 9.86. The fraction of sp³-hybridized carbons (Fsp3) is 0. The lowest BCUT2D eigenvalue weighted by molar-refractivity contribution is 0.663. The molecule has 9 aromatic carbocycles. The van der Waals surface area contributed by atoms with Crippen LogP contribution in [0.25, 0.3) is 110 Å². The molecular weight excluding hydrogens is 609 g/mol. The fourth-order valence-electron chi connectivity index (χ4n) is 8.22. The van der Waals surface area contributed by atoms with E-state index < -0.39 is 0 Å². The van der Waals surface area contributed by atoms with Crippen molar-refractivity contribution in [3.05, 3.63) is 170 Å². The standard InChI is InChI=1S/C48H28O2/c1-2-11-31(12-3-1)44-36-14-6-8-16-38(36)45(39-17-9-7-15-37(39)44)32-20-18-29(19-21-32)33-22-24-35-40-25-27-42-47(48(40)50-43(35)28-33)46-34-13-5-4-10-30(34)23-26-41(46)49-42/h1-28H. The topological polar surface area (TPSA) is 26.3 Å². The van der Waals surface area contributed by atoms with Crippen LogP contribution in [0.3, 0.4) is 0 Å². The van der Waals surface area contributed by atoms with E-state index in [1.807, 2.05) is 0 Å². The van der Waals surface area contributed by atoms with E-state index in [9.17, 15) is 0 Å². The fourth-order valence-corrected chi connectivity index (χ4v) is 8.22. The quantitative estimate of drug-likeness (QED) is 0.180. The van der Waals surface area contributed by atoms with E-state index in [4.69, 9.17) is 8.83 Å². The van der Waals surface area contributed by atoms with Crippen LogP contribution in [0.15, 0.2) is 179 Å². The molecule has 2 heteroatoms. The van der Waals surface area contributed by atoms with Crippen molar-refractivity contribution >= 4 is 76.2 Å². The highest BCUT2D eigenvalue weighted by atomic mass is 16.3. The molecule has 0 unspecified atom stereocenters. The molecule has 0 fully saturated rings. The van der Waals surface area contributed by atoms with Crippen LogP contribution >= 0.6 is 0 Å². The van der Waals surface area contributed by atoms with E-state index in [1.54, 1.807) is 0 Å². The van der Waals surface area contributed by atoms with Crippen LogP contribution in [0.1, 0.15) is 0 Å². The zero-order chi connectivity index (χ0) is 32.8. The summed E-state index contributed by atoms with van der Waals surface area (Å²) >= 11 is 0. The maximum atomic E-state index is 6.72. The van der Waals surface area contributed by atoms with Gasteiger partial charge in [-0.15, -0.1) is 0 Å². The van der Waals surface area contributed by atoms with Crippen LogP contribution in [0.4, 0.5) is 0 Å². The van der Waals surface area contributed by atoms with Gasteiger partial charge in [-0.3, -0.25) is 0 Å². The van der Waals surface area contributed by atoms with Crippen molar-refractivity contribution in [3.63, 3.8) is 0 Å². The van der Waals surface area contributed by atoms with E-state index >= 15 is 0 Å². The Morgan fingerprint density at radius 1 is 0.280 bits per heavy atom. The number of hydrogen-bond donors (Lipinski definition) is 0. The van der Waals surface area contributed by atoms with Crippen molar-refractivity contribution in [2.75, 3.05) is 0 Å². The molecule has 0 bridgehead atoms. The van der Waals surface area contributed by atoms with E-state index in [-0.39, 0.29) is 0 Å². The predicted molar refractivity (Wildman–Crippen MR) is 210 cm³/mol. The van der Waals surface area contributed by atoms with Gasteiger partial charge in [0.25, 0.3) is 0 Å². The van der Waals surface area contributed by atoms with Crippen LogP contribution < -0.4 is 0 Å². The molecule has 11 aromatic rings. The Morgan fingerprint density at radius 3 is 1.50 bits per heavy atom. The van der Waals surface area contributed by atoms with E-state index in [0.29, 0.717) is 0 Å². The lowest BCUT2D eigenvalue weighted by Gasteiger charge is -2.18. The van der Waals surface area contributed by atoms with Gasteiger partial charge in [-0.1, -0.05) is 140 Å². The summed E-state index contributed by atoms with van der Waals surface area (Å²) in [5, 5.41) is 11.8. The molecule has 0 radical (unpaired) electrons. The van der Waals surface area contributed by atoms with Crippen molar-refractivity contribution in [1.82, 2.24) is 0 Å². The van der Waals surface area contributed by atoms with Crippen LogP contribution in [-0.4, -0.2) is 0 Å². The molecule has 0 atom stereocenters. The number of hydrogen-bond acceptors (Lipinski definition) is 2. The number of benzene rings is 9. The Kier molecular flexibility index (Phi) is 5.70. The van der Waals surface area contributed by atoms with E-state index in [0.717, 1.165) is 55.0 Å². The molecule has 2 heterocycles. The molecule has 0 aliphatic rings. The maximum absolute atomic E-state index is 6.72. The summed E-state index contributed by atoms with van der Waals surface area (Å²) in [6.45, 7) is 0. The second-order valence-electron chi connectivity index (χ2n) is 13.2. The van der Waals surface area contributed by atoms with Crippen molar-refractivity contribution in [1.29, 1.82) is 0 Å². The Balaban J connectivity index is 1.06. The van der Waals surface area contributed by atoms with Crippen LogP contribution in [0.5, 0.6) is 0 Å². The van der Waals surface area contributed by atoms with Crippen molar-refractivity contribution in [2.24, 2.45) is 0 Å². The Bertz CT molecular complexity index is 3070. The van der Waals surface area contributed by atoms with Crippen molar-refractivity contribution in [2.45, 2.75) is 0 Å². The highest BCUT2D eigenvalue weighted by Crippen LogP contribution is 2.45. The van der Waals surface area contributed by atoms with Gasteiger partial charge < -0.3 is 8.83 Å². The minimum absolute atomic E-state index is 0.843. The summed E-state index contributed by atoms with van der Waals surface area (Å²) in [5.41, 5.74) is 10.7. The zero-order valence-electron chi connectivity index (χ0n) is 27.0. The zero-order valence-corrected chi connectivity index (χ0v) is 27.0. The Morgan fingerprint density at radius 2 is 0.800 bits per heavy atom. The minimum Gasteiger partial charge on any atom is -0.456 e. The number of furan rings is 2. The van der Waals surface area contributed by atoms with Crippen LogP contribution in [0.2, 0.25) is 0 Å². The van der Waals surface area contributed by atoms with Crippen molar-refractivity contribution in [3.8, 4) is 33.4 Å². The highest BCUT2D eigenvalue weighted by molar-refractivity contribution is 6.28. The molecular formula is C48H28O2. The molecule has 50 heavy (non-hydrogen) atoms. The molecule has 0 saturated carbocycles.